The maximum atomic E-state index is 11.6. The highest BCUT2D eigenvalue weighted by Crippen LogP contribution is 2.10. The van der Waals surface area contributed by atoms with E-state index in [0.717, 1.165) is 11.3 Å². The van der Waals surface area contributed by atoms with E-state index in [0.29, 0.717) is 13.1 Å². The van der Waals surface area contributed by atoms with Crippen molar-refractivity contribution in [2.45, 2.75) is 32.9 Å². The van der Waals surface area contributed by atoms with Gasteiger partial charge in [0.1, 0.15) is 5.75 Å². The summed E-state index contributed by atoms with van der Waals surface area (Å²) in [6, 6.07) is 7.65. The molecule has 18 heavy (non-hydrogen) atoms. The van der Waals surface area contributed by atoms with E-state index < -0.39 is 0 Å². The maximum Gasteiger partial charge on any atom is 0.234 e. The van der Waals surface area contributed by atoms with Crippen LogP contribution in [0.2, 0.25) is 0 Å². The van der Waals surface area contributed by atoms with Gasteiger partial charge in [0.05, 0.1) is 13.7 Å². The number of rotatable bonds is 5. The molecular weight excluding hydrogens is 228 g/mol. The number of carbonyl (C=O) groups excluding carboxylic acids is 1. The van der Waals surface area contributed by atoms with Crippen LogP contribution in [0.5, 0.6) is 5.75 Å². The Morgan fingerprint density at radius 3 is 2.33 bits per heavy atom. The zero-order valence-corrected chi connectivity index (χ0v) is 11.5. The molecule has 1 aromatic rings. The van der Waals surface area contributed by atoms with Crippen LogP contribution in [0, 0.1) is 0 Å². The van der Waals surface area contributed by atoms with Gasteiger partial charge in [0.15, 0.2) is 0 Å². The average molecular weight is 250 g/mol. The van der Waals surface area contributed by atoms with Crippen molar-refractivity contribution in [2.24, 2.45) is 0 Å². The monoisotopic (exact) mass is 250 g/mol. The first-order valence-corrected chi connectivity index (χ1v) is 6.05. The molecule has 0 saturated carbocycles. The summed E-state index contributed by atoms with van der Waals surface area (Å²) in [4.78, 5) is 11.6. The first-order chi connectivity index (χ1) is 8.40. The van der Waals surface area contributed by atoms with E-state index >= 15 is 0 Å². The first-order valence-electron chi connectivity index (χ1n) is 6.05. The van der Waals surface area contributed by atoms with Crippen LogP contribution in [-0.4, -0.2) is 25.1 Å². The Labute approximate surface area is 109 Å². The summed E-state index contributed by atoms with van der Waals surface area (Å²) >= 11 is 0. The van der Waals surface area contributed by atoms with Crippen molar-refractivity contribution >= 4 is 5.91 Å². The van der Waals surface area contributed by atoms with E-state index in [1.54, 1.807) is 7.11 Å². The van der Waals surface area contributed by atoms with Crippen LogP contribution < -0.4 is 15.4 Å². The number of hydrogen-bond donors (Lipinski definition) is 2. The molecule has 0 fully saturated rings. The summed E-state index contributed by atoms with van der Waals surface area (Å²) in [5, 5.41) is 6.01. The molecule has 0 aliphatic rings. The molecule has 1 amide bonds. The van der Waals surface area contributed by atoms with Gasteiger partial charge in [-0.05, 0) is 38.5 Å². The van der Waals surface area contributed by atoms with Crippen LogP contribution >= 0.6 is 0 Å². The second-order valence-electron chi connectivity index (χ2n) is 5.23. The summed E-state index contributed by atoms with van der Waals surface area (Å²) in [5.41, 5.74) is 1.01. The second-order valence-corrected chi connectivity index (χ2v) is 5.23. The third kappa shape index (κ3) is 5.68. The summed E-state index contributed by atoms with van der Waals surface area (Å²) < 4.78 is 5.07. The van der Waals surface area contributed by atoms with Gasteiger partial charge in [-0.3, -0.25) is 4.79 Å². The molecule has 0 spiro atoms. The molecule has 1 rings (SSSR count). The van der Waals surface area contributed by atoms with Crippen molar-refractivity contribution in [3.05, 3.63) is 29.8 Å². The Balaban J connectivity index is 2.33. The normalized spacial score (nSPS) is 11.1. The lowest BCUT2D eigenvalue weighted by atomic mass is 10.1. The lowest BCUT2D eigenvalue weighted by Crippen LogP contribution is -2.43. The summed E-state index contributed by atoms with van der Waals surface area (Å²) in [7, 11) is 1.63. The minimum atomic E-state index is -0.0442. The quantitative estimate of drug-likeness (QED) is 0.836. The van der Waals surface area contributed by atoms with E-state index in [-0.39, 0.29) is 11.4 Å². The van der Waals surface area contributed by atoms with Crippen molar-refractivity contribution < 1.29 is 9.53 Å². The van der Waals surface area contributed by atoms with Gasteiger partial charge in [-0.15, -0.1) is 0 Å². The number of nitrogens with one attached hydrogen (secondary N) is 2. The lowest BCUT2D eigenvalue weighted by Gasteiger charge is -2.20. The highest BCUT2D eigenvalue weighted by molar-refractivity contribution is 5.78. The van der Waals surface area contributed by atoms with Gasteiger partial charge in [-0.2, -0.15) is 0 Å². The second kappa shape index (κ2) is 6.40. The van der Waals surface area contributed by atoms with Crippen molar-refractivity contribution in [1.29, 1.82) is 0 Å². The van der Waals surface area contributed by atoms with Crippen LogP contribution in [0.3, 0.4) is 0 Å². The standard InChI is InChI=1S/C14H22N2O2/c1-14(2,3)16-10-13(17)15-9-11-5-7-12(18-4)8-6-11/h5-8,16H,9-10H2,1-4H3,(H,15,17). The number of methoxy groups -OCH3 is 1. The topological polar surface area (TPSA) is 50.4 Å². The van der Waals surface area contributed by atoms with Gasteiger partial charge < -0.3 is 15.4 Å². The molecule has 0 heterocycles. The molecule has 0 radical (unpaired) electrons. The van der Waals surface area contributed by atoms with E-state index in [1.807, 2.05) is 45.0 Å². The lowest BCUT2D eigenvalue weighted by molar-refractivity contribution is -0.120. The predicted octanol–water partition coefficient (Wildman–Crippen LogP) is 1.70. The largest absolute Gasteiger partial charge is 0.497 e. The zero-order chi connectivity index (χ0) is 13.6. The van der Waals surface area contributed by atoms with Crippen LogP contribution in [-0.2, 0) is 11.3 Å². The summed E-state index contributed by atoms with van der Waals surface area (Å²) in [6.07, 6.45) is 0. The Morgan fingerprint density at radius 1 is 1.22 bits per heavy atom. The van der Waals surface area contributed by atoms with Gasteiger partial charge in [0, 0.05) is 12.1 Å². The fourth-order valence-corrected chi connectivity index (χ4v) is 1.35. The van der Waals surface area contributed by atoms with Gasteiger partial charge in [0.25, 0.3) is 0 Å². The Morgan fingerprint density at radius 2 is 1.83 bits per heavy atom. The van der Waals surface area contributed by atoms with Crippen LogP contribution in [0.25, 0.3) is 0 Å². The van der Waals surface area contributed by atoms with Gasteiger partial charge in [-0.25, -0.2) is 0 Å². The molecular formula is C14H22N2O2. The fourth-order valence-electron chi connectivity index (χ4n) is 1.35. The van der Waals surface area contributed by atoms with Crippen LogP contribution in [0.4, 0.5) is 0 Å². The van der Waals surface area contributed by atoms with Crippen LogP contribution in [0.1, 0.15) is 26.3 Å². The van der Waals surface area contributed by atoms with Crippen LogP contribution in [0.15, 0.2) is 24.3 Å². The molecule has 0 atom stereocenters. The molecule has 1 aromatic carbocycles. The third-order valence-corrected chi connectivity index (χ3v) is 2.43. The zero-order valence-electron chi connectivity index (χ0n) is 11.5. The van der Waals surface area contributed by atoms with Gasteiger partial charge >= 0.3 is 0 Å². The molecule has 0 aliphatic carbocycles. The van der Waals surface area contributed by atoms with Crippen molar-refractivity contribution in [3.63, 3.8) is 0 Å². The fraction of sp³-hybridized carbons (Fsp3) is 0.500. The Kier molecular flexibility index (Phi) is 5.16. The predicted molar refractivity (Wildman–Crippen MR) is 72.6 cm³/mol. The van der Waals surface area contributed by atoms with E-state index in [1.165, 1.54) is 0 Å². The number of amides is 1. The molecule has 0 unspecified atom stereocenters. The third-order valence-electron chi connectivity index (χ3n) is 2.43. The van der Waals surface area contributed by atoms with Crippen molar-refractivity contribution in [2.75, 3.05) is 13.7 Å². The van der Waals surface area contributed by atoms with Crippen molar-refractivity contribution in [1.82, 2.24) is 10.6 Å². The summed E-state index contributed by atoms with van der Waals surface area (Å²) in [5.74, 6) is 0.820. The van der Waals surface area contributed by atoms with Crippen molar-refractivity contribution in [3.8, 4) is 5.75 Å². The molecule has 0 saturated heterocycles. The Hall–Kier alpha value is -1.55. The minimum Gasteiger partial charge on any atom is -0.497 e. The van der Waals surface area contributed by atoms with Gasteiger partial charge in [0.2, 0.25) is 5.91 Å². The minimum absolute atomic E-state index is 0.000688. The highest BCUT2D eigenvalue weighted by Gasteiger charge is 2.10. The number of carbonyl (C=O) groups is 1. The van der Waals surface area contributed by atoms with E-state index in [4.69, 9.17) is 4.74 Å². The van der Waals surface area contributed by atoms with E-state index in [2.05, 4.69) is 10.6 Å². The van der Waals surface area contributed by atoms with Gasteiger partial charge in [-0.1, -0.05) is 12.1 Å². The molecule has 4 heteroatoms. The molecule has 100 valence electrons. The summed E-state index contributed by atoms with van der Waals surface area (Å²) in [6.45, 7) is 6.96. The molecule has 0 bridgehead atoms. The maximum absolute atomic E-state index is 11.6. The molecule has 4 nitrogen and oxygen atoms in total. The number of hydrogen-bond acceptors (Lipinski definition) is 3. The SMILES string of the molecule is COc1ccc(CNC(=O)CNC(C)(C)C)cc1. The van der Waals surface area contributed by atoms with E-state index in [9.17, 15) is 4.79 Å². The average Bonchev–Trinajstić information content (AvgIpc) is 2.33. The number of benzene rings is 1. The Bertz CT molecular complexity index is 380. The molecule has 2 N–H and O–H groups in total. The molecule has 0 aliphatic heterocycles. The molecule has 0 aromatic heterocycles. The smallest absolute Gasteiger partial charge is 0.234 e. The number of ether oxygens (including phenoxy) is 1. The first kappa shape index (κ1) is 14.5. The highest BCUT2D eigenvalue weighted by atomic mass is 16.5.